The molecule has 2 aromatic rings. The second-order valence-corrected chi connectivity index (χ2v) is 6.74. The van der Waals surface area contributed by atoms with Gasteiger partial charge < -0.3 is 10.2 Å². The second-order valence-electron chi connectivity index (χ2n) is 6.74. The van der Waals surface area contributed by atoms with Crippen molar-refractivity contribution in [2.45, 2.75) is 19.5 Å². The minimum Gasteiger partial charge on any atom is -0.369 e. The standard InChI is InChI=1S/C20H24FN3/c21-18-6-4-16(5-7-18)8-11-23-14-17-2-1-3-20(19(17)15-23)24-12-9-22-10-13-24/h1-7,22H,8-15H2. The maximum Gasteiger partial charge on any atom is 0.123 e. The maximum atomic E-state index is 13.0. The highest BCUT2D eigenvalue weighted by atomic mass is 19.1. The molecule has 0 spiro atoms. The Morgan fingerprint density at radius 3 is 2.54 bits per heavy atom. The third-order valence-corrected chi connectivity index (χ3v) is 5.11. The van der Waals surface area contributed by atoms with Gasteiger partial charge >= 0.3 is 0 Å². The number of rotatable bonds is 4. The van der Waals surface area contributed by atoms with Gasteiger partial charge in [0.15, 0.2) is 0 Å². The van der Waals surface area contributed by atoms with E-state index in [0.717, 1.165) is 52.2 Å². The Morgan fingerprint density at radius 1 is 0.958 bits per heavy atom. The summed E-state index contributed by atoms with van der Waals surface area (Å²) in [4.78, 5) is 5.01. The molecule has 0 atom stereocenters. The van der Waals surface area contributed by atoms with E-state index in [9.17, 15) is 4.39 Å². The molecule has 4 heteroatoms. The number of anilines is 1. The van der Waals surface area contributed by atoms with Gasteiger partial charge in [0.25, 0.3) is 0 Å². The topological polar surface area (TPSA) is 18.5 Å². The molecule has 1 N–H and O–H groups in total. The number of benzene rings is 2. The van der Waals surface area contributed by atoms with Crippen molar-refractivity contribution in [2.24, 2.45) is 0 Å². The van der Waals surface area contributed by atoms with Gasteiger partial charge in [0, 0.05) is 51.5 Å². The van der Waals surface area contributed by atoms with E-state index < -0.39 is 0 Å². The largest absolute Gasteiger partial charge is 0.369 e. The summed E-state index contributed by atoms with van der Waals surface area (Å²) < 4.78 is 13.0. The van der Waals surface area contributed by atoms with Crippen LogP contribution in [0.3, 0.4) is 0 Å². The van der Waals surface area contributed by atoms with Gasteiger partial charge in [-0.2, -0.15) is 0 Å². The van der Waals surface area contributed by atoms with Crippen LogP contribution in [0.4, 0.5) is 10.1 Å². The second kappa shape index (κ2) is 6.91. The number of fused-ring (bicyclic) bond motifs is 1. The summed E-state index contributed by atoms with van der Waals surface area (Å²) in [5.41, 5.74) is 5.58. The lowest BCUT2D eigenvalue weighted by Crippen LogP contribution is -2.43. The number of nitrogens with one attached hydrogen (secondary N) is 1. The van der Waals surface area contributed by atoms with E-state index in [2.05, 4.69) is 33.3 Å². The van der Waals surface area contributed by atoms with Gasteiger partial charge in [0.05, 0.1) is 0 Å². The van der Waals surface area contributed by atoms with Crippen LogP contribution in [0.1, 0.15) is 16.7 Å². The Bertz CT molecular complexity index is 693. The fraction of sp³-hybridized carbons (Fsp3) is 0.400. The quantitative estimate of drug-likeness (QED) is 0.932. The number of nitrogens with zero attached hydrogens (tertiary/aromatic N) is 2. The Balaban J connectivity index is 1.42. The highest BCUT2D eigenvalue weighted by molar-refractivity contribution is 5.58. The predicted molar refractivity (Wildman–Crippen MR) is 95.7 cm³/mol. The SMILES string of the molecule is Fc1ccc(CCN2Cc3cccc(N4CCNCC4)c3C2)cc1. The molecule has 4 rings (SSSR count). The van der Waals surface area contributed by atoms with Crippen LogP contribution in [0.5, 0.6) is 0 Å². The molecule has 2 heterocycles. The zero-order valence-corrected chi connectivity index (χ0v) is 14.0. The molecule has 2 aliphatic rings. The molecule has 126 valence electrons. The first-order valence-corrected chi connectivity index (χ1v) is 8.83. The Labute approximate surface area is 143 Å². The lowest BCUT2D eigenvalue weighted by atomic mass is 10.1. The van der Waals surface area contributed by atoms with Gasteiger partial charge in [-0.1, -0.05) is 24.3 Å². The van der Waals surface area contributed by atoms with E-state index in [4.69, 9.17) is 0 Å². The van der Waals surface area contributed by atoms with Crippen LogP contribution in [-0.4, -0.2) is 37.6 Å². The molecule has 24 heavy (non-hydrogen) atoms. The minimum atomic E-state index is -0.159. The van der Waals surface area contributed by atoms with Gasteiger partial charge in [-0.15, -0.1) is 0 Å². The molecule has 0 bridgehead atoms. The summed E-state index contributed by atoms with van der Waals surface area (Å²) in [6.45, 7) is 7.38. The van der Waals surface area contributed by atoms with Crippen LogP contribution in [0.2, 0.25) is 0 Å². The highest BCUT2D eigenvalue weighted by Gasteiger charge is 2.24. The molecular formula is C20H24FN3. The van der Waals surface area contributed by atoms with Crippen molar-refractivity contribution in [1.82, 2.24) is 10.2 Å². The number of hydrogen-bond acceptors (Lipinski definition) is 3. The first-order valence-electron chi connectivity index (χ1n) is 8.83. The van der Waals surface area contributed by atoms with Crippen molar-refractivity contribution in [3.05, 3.63) is 65.0 Å². The third kappa shape index (κ3) is 3.30. The molecular weight excluding hydrogens is 301 g/mol. The molecule has 0 unspecified atom stereocenters. The van der Waals surface area contributed by atoms with Gasteiger partial charge in [0.2, 0.25) is 0 Å². The van der Waals surface area contributed by atoms with Crippen molar-refractivity contribution in [3.63, 3.8) is 0 Å². The van der Waals surface area contributed by atoms with Crippen LogP contribution < -0.4 is 10.2 Å². The molecule has 1 fully saturated rings. The summed E-state index contributed by atoms with van der Waals surface area (Å²) in [5.74, 6) is -0.159. The van der Waals surface area contributed by atoms with E-state index in [-0.39, 0.29) is 5.82 Å². The van der Waals surface area contributed by atoms with E-state index in [1.165, 1.54) is 22.4 Å². The van der Waals surface area contributed by atoms with Crippen molar-refractivity contribution in [2.75, 3.05) is 37.6 Å². The molecule has 0 saturated carbocycles. The predicted octanol–water partition coefficient (Wildman–Crippen LogP) is 2.79. The van der Waals surface area contributed by atoms with Gasteiger partial charge in [-0.05, 0) is 41.3 Å². The van der Waals surface area contributed by atoms with E-state index in [1.54, 1.807) is 12.1 Å². The van der Waals surface area contributed by atoms with Crippen LogP contribution in [0.25, 0.3) is 0 Å². The molecule has 0 aliphatic carbocycles. The summed E-state index contributed by atoms with van der Waals surface area (Å²) in [5, 5.41) is 3.42. The molecule has 2 aromatic carbocycles. The summed E-state index contributed by atoms with van der Waals surface area (Å²) in [7, 11) is 0. The molecule has 2 aliphatic heterocycles. The van der Waals surface area contributed by atoms with Crippen LogP contribution >= 0.6 is 0 Å². The smallest absolute Gasteiger partial charge is 0.123 e. The average molecular weight is 325 g/mol. The Kier molecular flexibility index (Phi) is 4.50. The first kappa shape index (κ1) is 15.6. The zero-order valence-electron chi connectivity index (χ0n) is 14.0. The molecule has 3 nitrogen and oxygen atoms in total. The van der Waals surface area contributed by atoms with Crippen molar-refractivity contribution in [3.8, 4) is 0 Å². The van der Waals surface area contributed by atoms with E-state index >= 15 is 0 Å². The maximum absolute atomic E-state index is 13.0. The molecule has 1 saturated heterocycles. The number of piperazine rings is 1. The van der Waals surface area contributed by atoms with Crippen LogP contribution in [0.15, 0.2) is 42.5 Å². The molecule has 0 amide bonds. The Hall–Kier alpha value is -1.91. The normalized spacial score (nSPS) is 18.0. The lowest BCUT2D eigenvalue weighted by Gasteiger charge is -2.31. The fourth-order valence-corrected chi connectivity index (χ4v) is 3.77. The average Bonchev–Trinajstić information content (AvgIpc) is 3.05. The van der Waals surface area contributed by atoms with Crippen molar-refractivity contribution in [1.29, 1.82) is 0 Å². The first-order chi connectivity index (χ1) is 11.8. The highest BCUT2D eigenvalue weighted by Crippen LogP contribution is 2.32. The van der Waals surface area contributed by atoms with E-state index in [0.29, 0.717) is 0 Å². The summed E-state index contributed by atoms with van der Waals surface area (Å²) >= 11 is 0. The fourth-order valence-electron chi connectivity index (χ4n) is 3.77. The molecule has 0 radical (unpaired) electrons. The zero-order chi connectivity index (χ0) is 16.4. The number of halogens is 1. The molecule has 0 aromatic heterocycles. The van der Waals surface area contributed by atoms with Crippen molar-refractivity contribution < 1.29 is 4.39 Å². The van der Waals surface area contributed by atoms with Gasteiger partial charge in [-0.25, -0.2) is 4.39 Å². The lowest BCUT2D eigenvalue weighted by molar-refractivity contribution is 0.288. The van der Waals surface area contributed by atoms with Crippen LogP contribution in [-0.2, 0) is 19.5 Å². The Morgan fingerprint density at radius 2 is 1.75 bits per heavy atom. The van der Waals surface area contributed by atoms with E-state index in [1.807, 2.05) is 12.1 Å². The van der Waals surface area contributed by atoms with Gasteiger partial charge in [-0.3, -0.25) is 4.90 Å². The minimum absolute atomic E-state index is 0.159. The number of hydrogen-bond donors (Lipinski definition) is 1. The van der Waals surface area contributed by atoms with Crippen LogP contribution in [0, 0.1) is 5.82 Å². The summed E-state index contributed by atoms with van der Waals surface area (Å²) in [6.07, 6.45) is 0.969. The van der Waals surface area contributed by atoms with Crippen molar-refractivity contribution >= 4 is 5.69 Å². The summed E-state index contributed by atoms with van der Waals surface area (Å²) in [6, 6.07) is 13.6. The monoisotopic (exact) mass is 325 g/mol. The van der Waals surface area contributed by atoms with Gasteiger partial charge in [0.1, 0.15) is 5.82 Å². The third-order valence-electron chi connectivity index (χ3n) is 5.11.